The number of carbonyl (C=O) groups excluding carboxylic acids is 1. The van der Waals surface area contributed by atoms with Crippen molar-refractivity contribution in [1.29, 1.82) is 0 Å². The van der Waals surface area contributed by atoms with E-state index in [0.717, 1.165) is 35.5 Å². The number of hydrogen-bond donors (Lipinski definition) is 1. The largest absolute Gasteiger partial charge is 0.497 e. The molecule has 1 saturated heterocycles. The molecule has 1 fully saturated rings. The summed E-state index contributed by atoms with van der Waals surface area (Å²) in [4.78, 5) is 14.3. The number of nitrogens with zero attached hydrogens (tertiary/aromatic N) is 1. The van der Waals surface area contributed by atoms with Crippen LogP contribution in [0.25, 0.3) is 0 Å². The molecule has 1 amide bonds. The van der Waals surface area contributed by atoms with Crippen LogP contribution < -0.4 is 4.74 Å². The molecule has 29 heavy (non-hydrogen) atoms. The van der Waals surface area contributed by atoms with Crippen molar-refractivity contribution in [3.05, 3.63) is 77.1 Å². The Balaban J connectivity index is 1.48. The van der Waals surface area contributed by atoms with E-state index in [2.05, 4.69) is 0 Å². The Bertz CT molecular complexity index is 871. The molecule has 4 rings (SSSR count). The molecule has 2 aromatic rings. The highest BCUT2D eigenvalue weighted by atomic mass is 16.7. The summed E-state index contributed by atoms with van der Waals surface area (Å²) in [6.07, 6.45) is 2.01. The number of methoxy groups -OCH3 is 1. The molecule has 0 aliphatic carbocycles. The topological polar surface area (TPSA) is 68.0 Å². The van der Waals surface area contributed by atoms with Gasteiger partial charge in [-0.15, -0.1) is 0 Å². The monoisotopic (exact) mass is 395 g/mol. The Morgan fingerprint density at radius 1 is 1.10 bits per heavy atom. The fourth-order valence-electron chi connectivity index (χ4n) is 3.33. The summed E-state index contributed by atoms with van der Waals surface area (Å²) < 4.78 is 17.1. The maximum Gasteiger partial charge on any atom is 0.288 e. The van der Waals surface area contributed by atoms with Crippen molar-refractivity contribution in [2.75, 3.05) is 20.2 Å². The molecule has 152 valence electrons. The smallest absolute Gasteiger partial charge is 0.288 e. The SMILES string of the molecule is COc1ccc([C@H]2C=C(C(=O)N3CC3)O[C@@H](OCc3ccc(CO)cc3)C2)cc1. The lowest BCUT2D eigenvalue weighted by Crippen LogP contribution is -2.29. The molecule has 0 spiro atoms. The molecule has 6 nitrogen and oxygen atoms in total. The van der Waals surface area contributed by atoms with Crippen molar-refractivity contribution in [2.45, 2.75) is 31.8 Å². The average Bonchev–Trinajstić information content (AvgIpc) is 3.63. The fraction of sp³-hybridized carbons (Fsp3) is 0.348. The van der Waals surface area contributed by atoms with E-state index in [0.29, 0.717) is 18.8 Å². The normalized spacial score (nSPS) is 20.6. The molecule has 0 bridgehead atoms. The van der Waals surface area contributed by atoms with Gasteiger partial charge in [0.2, 0.25) is 6.29 Å². The van der Waals surface area contributed by atoms with Crippen LogP contribution in [0.4, 0.5) is 0 Å². The van der Waals surface area contributed by atoms with Crippen molar-refractivity contribution in [3.8, 4) is 5.75 Å². The van der Waals surface area contributed by atoms with Gasteiger partial charge in [-0.2, -0.15) is 0 Å². The Labute approximate surface area is 170 Å². The first kappa shape index (κ1) is 19.5. The van der Waals surface area contributed by atoms with Crippen molar-refractivity contribution >= 4 is 5.91 Å². The number of aliphatic hydroxyl groups excluding tert-OH is 1. The fourth-order valence-corrected chi connectivity index (χ4v) is 3.33. The first-order chi connectivity index (χ1) is 14.2. The van der Waals surface area contributed by atoms with Crippen molar-refractivity contribution < 1.29 is 24.1 Å². The predicted molar refractivity (Wildman–Crippen MR) is 107 cm³/mol. The van der Waals surface area contributed by atoms with Crippen LogP contribution in [0.1, 0.15) is 29.0 Å². The minimum Gasteiger partial charge on any atom is -0.497 e. The van der Waals surface area contributed by atoms with Crippen LogP contribution in [-0.4, -0.2) is 42.4 Å². The standard InChI is InChI=1S/C23H25NO5/c1-27-20-8-6-18(7-9-20)19-12-21(23(26)24-10-11-24)29-22(13-19)28-15-17-4-2-16(14-25)3-5-17/h2-9,12,19,22,25H,10-11,13-15H2,1H3/t19-,22+/m0/s1. The number of allylic oxidation sites excluding steroid dienone is 1. The van der Waals surface area contributed by atoms with E-state index in [-0.39, 0.29) is 18.4 Å². The third kappa shape index (κ3) is 4.78. The quantitative estimate of drug-likeness (QED) is 0.730. The third-order valence-electron chi connectivity index (χ3n) is 5.19. The van der Waals surface area contributed by atoms with Gasteiger partial charge in [0.25, 0.3) is 5.91 Å². The summed E-state index contributed by atoms with van der Waals surface area (Å²) in [5.74, 6) is 1.10. The molecule has 2 aliphatic heterocycles. The minimum absolute atomic E-state index is 0.0170. The number of benzene rings is 2. The Morgan fingerprint density at radius 3 is 2.41 bits per heavy atom. The van der Waals surface area contributed by atoms with E-state index in [9.17, 15) is 4.79 Å². The molecule has 2 atom stereocenters. The van der Waals surface area contributed by atoms with Gasteiger partial charge in [0.05, 0.1) is 20.3 Å². The molecular formula is C23H25NO5. The number of ether oxygens (including phenoxy) is 3. The van der Waals surface area contributed by atoms with E-state index in [1.165, 1.54) is 0 Å². The Morgan fingerprint density at radius 2 is 1.79 bits per heavy atom. The second-order valence-electron chi connectivity index (χ2n) is 7.27. The lowest BCUT2D eigenvalue weighted by atomic mass is 9.93. The molecule has 1 N–H and O–H groups in total. The number of rotatable bonds is 7. The van der Waals surface area contributed by atoms with Gasteiger partial charge in [0, 0.05) is 25.4 Å². The maximum atomic E-state index is 12.6. The molecule has 6 heteroatoms. The molecule has 2 aliphatic rings. The van der Waals surface area contributed by atoms with Crippen molar-refractivity contribution in [2.24, 2.45) is 0 Å². The van der Waals surface area contributed by atoms with Crippen LogP contribution in [-0.2, 0) is 27.5 Å². The van der Waals surface area contributed by atoms with Gasteiger partial charge in [-0.25, -0.2) is 0 Å². The van der Waals surface area contributed by atoms with E-state index in [1.54, 1.807) is 12.0 Å². The van der Waals surface area contributed by atoms with Crippen LogP contribution in [0.3, 0.4) is 0 Å². The maximum absolute atomic E-state index is 12.6. The van der Waals surface area contributed by atoms with E-state index < -0.39 is 6.29 Å². The van der Waals surface area contributed by atoms with Gasteiger partial charge in [0.1, 0.15) is 5.75 Å². The zero-order valence-corrected chi connectivity index (χ0v) is 16.4. The highest BCUT2D eigenvalue weighted by Gasteiger charge is 2.34. The summed E-state index contributed by atoms with van der Waals surface area (Å²) in [5.41, 5.74) is 2.93. The van der Waals surface area contributed by atoms with E-state index in [4.69, 9.17) is 19.3 Å². The number of hydrogen-bond acceptors (Lipinski definition) is 5. The van der Waals surface area contributed by atoms with Gasteiger partial charge < -0.3 is 24.2 Å². The number of carbonyl (C=O) groups is 1. The molecule has 0 radical (unpaired) electrons. The van der Waals surface area contributed by atoms with Crippen LogP contribution in [0.2, 0.25) is 0 Å². The molecule has 0 saturated carbocycles. The van der Waals surface area contributed by atoms with Crippen LogP contribution in [0.5, 0.6) is 5.75 Å². The van der Waals surface area contributed by atoms with Gasteiger partial charge in [-0.3, -0.25) is 4.79 Å². The number of amides is 1. The summed E-state index contributed by atoms with van der Waals surface area (Å²) >= 11 is 0. The Hall–Kier alpha value is -2.83. The summed E-state index contributed by atoms with van der Waals surface area (Å²) in [7, 11) is 1.64. The number of aliphatic hydroxyl groups is 1. The van der Waals surface area contributed by atoms with E-state index in [1.807, 2.05) is 54.6 Å². The molecular weight excluding hydrogens is 370 g/mol. The lowest BCUT2D eigenvalue weighted by molar-refractivity contribution is -0.152. The van der Waals surface area contributed by atoms with Gasteiger partial charge in [-0.1, -0.05) is 36.4 Å². The predicted octanol–water partition coefficient (Wildman–Crippen LogP) is 2.96. The summed E-state index contributed by atoms with van der Waals surface area (Å²) in [5, 5.41) is 9.16. The minimum atomic E-state index is -0.511. The summed E-state index contributed by atoms with van der Waals surface area (Å²) in [6, 6.07) is 15.4. The first-order valence-corrected chi connectivity index (χ1v) is 9.78. The van der Waals surface area contributed by atoms with Crippen molar-refractivity contribution in [3.63, 3.8) is 0 Å². The highest BCUT2D eigenvalue weighted by molar-refractivity contribution is 5.93. The first-order valence-electron chi connectivity index (χ1n) is 9.78. The van der Waals surface area contributed by atoms with E-state index >= 15 is 0 Å². The third-order valence-corrected chi connectivity index (χ3v) is 5.19. The molecule has 0 unspecified atom stereocenters. The molecule has 0 aromatic heterocycles. The zero-order chi connectivity index (χ0) is 20.2. The van der Waals surface area contributed by atoms with Crippen LogP contribution >= 0.6 is 0 Å². The van der Waals surface area contributed by atoms with Crippen LogP contribution in [0.15, 0.2) is 60.4 Å². The average molecular weight is 395 g/mol. The zero-order valence-electron chi connectivity index (χ0n) is 16.4. The van der Waals surface area contributed by atoms with Crippen molar-refractivity contribution in [1.82, 2.24) is 4.90 Å². The summed E-state index contributed by atoms with van der Waals surface area (Å²) in [6.45, 7) is 1.94. The second-order valence-corrected chi connectivity index (χ2v) is 7.27. The Kier molecular flexibility index (Phi) is 5.83. The highest BCUT2D eigenvalue weighted by Crippen LogP contribution is 2.33. The van der Waals surface area contributed by atoms with Gasteiger partial charge in [0.15, 0.2) is 5.76 Å². The second kappa shape index (κ2) is 8.68. The van der Waals surface area contributed by atoms with Crippen LogP contribution in [0, 0.1) is 0 Å². The van der Waals surface area contributed by atoms with Gasteiger partial charge in [-0.05, 0) is 34.9 Å². The molecule has 2 heterocycles. The molecule has 2 aromatic carbocycles. The van der Waals surface area contributed by atoms with Gasteiger partial charge >= 0.3 is 0 Å². The lowest BCUT2D eigenvalue weighted by Gasteiger charge is -2.29.